The molecule has 3 nitrogen and oxygen atoms in total. The van der Waals surface area contributed by atoms with Crippen molar-refractivity contribution in [3.05, 3.63) is 28.4 Å². The fraction of sp³-hybridized carbons (Fsp3) is 0.556. The molecular formula is C9H14N2OS. The molecule has 0 saturated heterocycles. The maximum absolute atomic E-state index is 10.9. The quantitative estimate of drug-likeness (QED) is 0.788. The van der Waals surface area contributed by atoms with E-state index in [1.807, 2.05) is 0 Å². The Morgan fingerprint density at radius 3 is 2.77 bits per heavy atom. The minimum Gasteiger partial charge on any atom is -0.310 e. The summed E-state index contributed by atoms with van der Waals surface area (Å²) >= 11 is 1.76. The summed E-state index contributed by atoms with van der Waals surface area (Å²) in [6.45, 7) is 6.41. The van der Waals surface area contributed by atoms with E-state index in [9.17, 15) is 4.79 Å². The van der Waals surface area contributed by atoms with E-state index in [0.29, 0.717) is 0 Å². The molecule has 4 heteroatoms. The Kier molecular flexibility index (Phi) is 3.14. The standard InChI is InChI=1S/C9H14N2OS/c1-9(2,3)13-6-7-10-5-4-8(12)11-7/h4-5H,6H2,1-3H3,(H,10,11,12). The topological polar surface area (TPSA) is 45.8 Å². The van der Waals surface area contributed by atoms with E-state index in [1.165, 1.54) is 12.3 Å². The molecule has 0 aromatic carbocycles. The lowest BCUT2D eigenvalue weighted by atomic mass is 10.3. The molecule has 0 fully saturated rings. The highest BCUT2D eigenvalue weighted by molar-refractivity contribution is 7.99. The summed E-state index contributed by atoms with van der Waals surface area (Å²) in [5.74, 6) is 1.49. The average molecular weight is 198 g/mol. The molecule has 1 heterocycles. The Balaban J connectivity index is 2.60. The van der Waals surface area contributed by atoms with Crippen molar-refractivity contribution < 1.29 is 0 Å². The van der Waals surface area contributed by atoms with Gasteiger partial charge in [0.25, 0.3) is 5.56 Å². The molecule has 0 radical (unpaired) electrons. The van der Waals surface area contributed by atoms with E-state index in [1.54, 1.807) is 11.8 Å². The largest absolute Gasteiger partial charge is 0.310 e. The molecule has 0 spiro atoms. The van der Waals surface area contributed by atoms with Gasteiger partial charge in [0.1, 0.15) is 5.82 Å². The monoisotopic (exact) mass is 198 g/mol. The lowest BCUT2D eigenvalue weighted by Gasteiger charge is -2.16. The van der Waals surface area contributed by atoms with Crippen LogP contribution in [0.2, 0.25) is 0 Å². The molecule has 0 amide bonds. The van der Waals surface area contributed by atoms with Gasteiger partial charge in [-0.25, -0.2) is 4.98 Å². The first-order valence-electron chi connectivity index (χ1n) is 4.15. The van der Waals surface area contributed by atoms with Gasteiger partial charge in [-0.05, 0) is 0 Å². The van der Waals surface area contributed by atoms with Gasteiger partial charge in [0.15, 0.2) is 0 Å². The molecule has 1 N–H and O–H groups in total. The van der Waals surface area contributed by atoms with Crippen LogP contribution in [-0.4, -0.2) is 14.7 Å². The van der Waals surface area contributed by atoms with Gasteiger partial charge < -0.3 is 4.98 Å². The van der Waals surface area contributed by atoms with E-state index in [4.69, 9.17) is 0 Å². The summed E-state index contributed by atoms with van der Waals surface area (Å²) in [7, 11) is 0. The minimum atomic E-state index is -0.0838. The summed E-state index contributed by atoms with van der Waals surface area (Å²) in [5, 5.41) is 0. The Morgan fingerprint density at radius 2 is 2.23 bits per heavy atom. The first-order valence-corrected chi connectivity index (χ1v) is 5.14. The van der Waals surface area contributed by atoms with E-state index >= 15 is 0 Å². The summed E-state index contributed by atoms with van der Waals surface area (Å²) < 4.78 is 0.203. The number of hydrogen-bond acceptors (Lipinski definition) is 3. The zero-order valence-electron chi connectivity index (χ0n) is 8.13. The van der Waals surface area contributed by atoms with Gasteiger partial charge in [0.05, 0.1) is 5.75 Å². The summed E-state index contributed by atoms with van der Waals surface area (Å²) in [5.41, 5.74) is -0.0838. The van der Waals surface area contributed by atoms with Gasteiger partial charge in [-0.1, -0.05) is 20.8 Å². The second-order valence-electron chi connectivity index (χ2n) is 3.78. The molecule has 0 aliphatic carbocycles. The van der Waals surface area contributed by atoms with Crippen LogP contribution in [0.15, 0.2) is 17.1 Å². The van der Waals surface area contributed by atoms with E-state index in [2.05, 4.69) is 30.7 Å². The smallest absolute Gasteiger partial charge is 0.250 e. The van der Waals surface area contributed by atoms with Crippen LogP contribution >= 0.6 is 11.8 Å². The van der Waals surface area contributed by atoms with Crippen molar-refractivity contribution in [3.8, 4) is 0 Å². The van der Waals surface area contributed by atoms with Gasteiger partial charge in [0.2, 0.25) is 0 Å². The molecule has 1 aromatic rings. The fourth-order valence-electron chi connectivity index (χ4n) is 0.769. The predicted molar refractivity (Wildman–Crippen MR) is 55.9 cm³/mol. The van der Waals surface area contributed by atoms with Gasteiger partial charge in [-0.3, -0.25) is 4.79 Å². The second-order valence-corrected chi connectivity index (χ2v) is 5.58. The van der Waals surface area contributed by atoms with Crippen molar-refractivity contribution in [1.29, 1.82) is 0 Å². The van der Waals surface area contributed by atoms with Crippen LogP contribution in [0.4, 0.5) is 0 Å². The van der Waals surface area contributed by atoms with Gasteiger partial charge in [-0.15, -0.1) is 11.8 Å². The molecule has 1 rings (SSSR count). The number of thioether (sulfide) groups is 1. The van der Waals surface area contributed by atoms with Crippen LogP contribution in [-0.2, 0) is 5.75 Å². The SMILES string of the molecule is CC(C)(C)SCc1nccc(=O)[nH]1. The van der Waals surface area contributed by atoms with E-state index < -0.39 is 0 Å². The Hall–Kier alpha value is -0.770. The Bertz CT molecular complexity index is 327. The van der Waals surface area contributed by atoms with Gasteiger partial charge >= 0.3 is 0 Å². The first-order chi connectivity index (χ1) is 5.97. The molecule has 0 aliphatic heterocycles. The van der Waals surface area contributed by atoms with Crippen molar-refractivity contribution >= 4 is 11.8 Å². The fourth-order valence-corrected chi connectivity index (χ4v) is 1.49. The molecular weight excluding hydrogens is 184 g/mol. The molecule has 0 aliphatic rings. The lowest BCUT2D eigenvalue weighted by molar-refractivity contribution is 0.799. The van der Waals surface area contributed by atoms with Crippen LogP contribution in [0.25, 0.3) is 0 Å². The molecule has 0 bridgehead atoms. The van der Waals surface area contributed by atoms with Gasteiger partial charge in [0, 0.05) is 17.0 Å². The molecule has 13 heavy (non-hydrogen) atoms. The van der Waals surface area contributed by atoms with Crippen LogP contribution in [0.5, 0.6) is 0 Å². The van der Waals surface area contributed by atoms with E-state index in [0.717, 1.165) is 11.6 Å². The normalized spacial score (nSPS) is 11.6. The third-order valence-corrected chi connectivity index (χ3v) is 2.65. The minimum absolute atomic E-state index is 0.0838. The molecule has 0 atom stereocenters. The van der Waals surface area contributed by atoms with Crippen LogP contribution < -0.4 is 5.56 Å². The Morgan fingerprint density at radius 1 is 1.54 bits per heavy atom. The summed E-state index contributed by atoms with van der Waals surface area (Å²) in [6, 6.07) is 1.42. The second kappa shape index (κ2) is 3.96. The zero-order valence-corrected chi connectivity index (χ0v) is 8.94. The molecule has 72 valence electrons. The zero-order chi connectivity index (χ0) is 9.90. The third-order valence-electron chi connectivity index (χ3n) is 1.37. The molecule has 0 saturated carbocycles. The average Bonchev–Trinajstić information content (AvgIpc) is 2.00. The number of rotatable bonds is 2. The van der Waals surface area contributed by atoms with Crippen molar-refractivity contribution in [2.24, 2.45) is 0 Å². The molecule has 1 aromatic heterocycles. The number of aromatic nitrogens is 2. The first kappa shape index (κ1) is 10.3. The number of nitrogens with one attached hydrogen (secondary N) is 1. The maximum atomic E-state index is 10.9. The highest BCUT2D eigenvalue weighted by atomic mass is 32.2. The molecule has 0 unspecified atom stereocenters. The van der Waals surface area contributed by atoms with E-state index in [-0.39, 0.29) is 10.3 Å². The number of H-pyrrole nitrogens is 1. The summed E-state index contributed by atoms with van der Waals surface area (Å²) in [4.78, 5) is 17.7. The Labute approximate surface area is 82.0 Å². The summed E-state index contributed by atoms with van der Waals surface area (Å²) in [6.07, 6.45) is 1.54. The van der Waals surface area contributed by atoms with Crippen molar-refractivity contribution in [2.75, 3.05) is 0 Å². The van der Waals surface area contributed by atoms with Crippen molar-refractivity contribution in [1.82, 2.24) is 9.97 Å². The number of aromatic amines is 1. The third kappa shape index (κ3) is 4.12. The predicted octanol–water partition coefficient (Wildman–Crippen LogP) is 1.80. The van der Waals surface area contributed by atoms with Crippen LogP contribution in [0.1, 0.15) is 26.6 Å². The van der Waals surface area contributed by atoms with Crippen molar-refractivity contribution in [2.45, 2.75) is 31.3 Å². The maximum Gasteiger partial charge on any atom is 0.250 e. The number of hydrogen-bond donors (Lipinski definition) is 1. The highest BCUT2D eigenvalue weighted by Gasteiger charge is 2.10. The van der Waals surface area contributed by atoms with Crippen LogP contribution in [0, 0.1) is 0 Å². The van der Waals surface area contributed by atoms with Gasteiger partial charge in [-0.2, -0.15) is 0 Å². The van der Waals surface area contributed by atoms with Crippen LogP contribution in [0.3, 0.4) is 0 Å². The highest BCUT2D eigenvalue weighted by Crippen LogP contribution is 2.25. The van der Waals surface area contributed by atoms with Crippen molar-refractivity contribution in [3.63, 3.8) is 0 Å². The lowest BCUT2D eigenvalue weighted by Crippen LogP contribution is -2.12. The number of nitrogens with zero attached hydrogens (tertiary/aromatic N) is 1.